The first-order valence-corrected chi connectivity index (χ1v) is 8.05. The van der Waals surface area contributed by atoms with Gasteiger partial charge in [-0.15, -0.1) is 0 Å². The number of aliphatic carboxylic acids is 1. The van der Waals surface area contributed by atoms with Crippen LogP contribution in [0, 0.1) is 6.92 Å². The molecule has 1 amide bonds. The molecule has 1 aliphatic heterocycles. The smallest absolute Gasteiger partial charge is 0.434 e. The highest BCUT2D eigenvalue weighted by Crippen LogP contribution is 2.35. The lowest BCUT2D eigenvalue weighted by Gasteiger charge is -2.31. The van der Waals surface area contributed by atoms with Crippen LogP contribution in [0.1, 0.15) is 21.6 Å². The van der Waals surface area contributed by atoms with Crippen molar-refractivity contribution in [2.45, 2.75) is 19.2 Å². The summed E-state index contributed by atoms with van der Waals surface area (Å²) >= 11 is 0. The van der Waals surface area contributed by atoms with Gasteiger partial charge in [0.25, 0.3) is 5.91 Å². The second kappa shape index (κ2) is 7.03. The Morgan fingerprint density at radius 2 is 2.00 bits per heavy atom. The Balaban J connectivity index is 2.02. The molecule has 0 spiro atoms. The van der Waals surface area contributed by atoms with Crippen molar-refractivity contribution < 1.29 is 32.6 Å². The number of hydrogen-bond acceptors (Lipinski definition) is 4. The Bertz CT molecular complexity index is 879. The fourth-order valence-electron chi connectivity index (χ4n) is 2.91. The topological polar surface area (TPSA) is 84.7 Å². The number of carbonyl (C=O) groups is 2. The summed E-state index contributed by atoms with van der Waals surface area (Å²) in [6.07, 6.45) is -5.24. The number of halogens is 3. The zero-order valence-corrected chi connectivity index (χ0v) is 14.2. The van der Waals surface area contributed by atoms with E-state index in [0.29, 0.717) is 10.2 Å². The predicted molar refractivity (Wildman–Crippen MR) is 86.6 cm³/mol. The molecule has 7 nitrogen and oxygen atoms in total. The Morgan fingerprint density at radius 1 is 1.30 bits per heavy atom. The Labute approximate surface area is 151 Å². The molecule has 1 atom stereocenters. The van der Waals surface area contributed by atoms with Gasteiger partial charge >= 0.3 is 12.1 Å². The van der Waals surface area contributed by atoms with Gasteiger partial charge in [0.2, 0.25) is 0 Å². The van der Waals surface area contributed by atoms with Gasteiger partial charge < -0.3 is 14.7 Å². The number of hydrogen-bond donors (Lipinski definition) is 1. The van der Waals surface area contributed by atoms with Gasteiger partial charge in [-0.1, -0.05) is 18.2 Å². The summed E-state index contributed by atoms with van der Waals surface area (Å²) in [6.45, 7) is 1.23. The number of aryl methyl sites for hydroxylation is 1. The molecule has 0 bridgehead atoms. The Kier molecular flexibility index (Phi) is 4.92. The molecular weight excluding hydrogens is 367 g/mol. The molecule has 144 valence electrons. The van der Waals surface area contributed by atoms with Crippen LogP contribution in [-0.2, 0) is 15.7 Å². The summed E-state index contributed by atoms with van der Waals surface area (Å²) < 4.78 is 46.9. The van der Waals surface area contributed by atoms with Crippen LogP contribution in [0.5, 0.6) is 0 Å². The summed E-state index contributed by atoms with van der Waals surface area (Å²) in [5.41, 5.74) is -1.06. The summed E-state index contributed by atoms with van der Waals surface area (Å²) in [5.74, 6) is -2.21. The van der Waals surface area contributed by atoms with E-state index in [1.165, 1.54) is 6.07 Å². The van der Waals surface area contributed by atoms with E-state index in [9.17, 15) is 22.8 Å². The number of alkyl halides is 3. The molecule has 1 saturated heterocycles. The van der Waals surface area contributed by atoms with Crippen molar-refractivity contribution in [3.63, 3.8) is 0 Å². The fraction of sp³-hybridized carbons (Fsp3) is 0.353. The lowest BCUT2D eigenvalue weighted by atomic mass is 10.1. The van der Waals surface area contributed by atoms with Gasteiger partial charge in [0.05, 0.1) is 30.6 Å². The quantitative estimate of drug-likeness (QED) is 0.878. The van der Waals surface area contributed by atoms with E-state index in [1.54, 1.807) is 25.1 Å². The SMILES string of the molecule is Cc1ccccc1-n1ncc(C(=O)N2CCOC(C(=O)O)C2)c1C(F)(F)F. The minimum absolute atomic E-state index is 0.00451. The molecule has 2 heterocycles. The lowest BCUT2D eigenvalue weighted by Crippen LogP contribution is -2.48. The molecular formula is C17H16F3N3O4. The second-order valence-electron chi connectivity index (χ2n) is 6.05. The maximum absolute atomic E-state index is 13.7. The van der Waals surface area contributed by atoms with Gasteiger partial charge in [-0.3, -0.25) is 4.79 Å². The van der Waals surface area contributed by atoms with Gasteiger partial charge in [-0.25, -0.2) is 9.48 Å². The largest absolute Gasteiger partial charge is 0.479 e. The van der Waals surface area contributed by atoms with Crippen molar-refractivity contribution in [2.24, 2.45) is 0 Å². The normalized spacial score (nSPS) is 17.8. The number of amides is 1. The van der Waals surface area contributed by atoms with Gasteiger partial charge in [-0.05, 0) is 18.6 Å². The molecule has 1 fully saturated rings. The van der Waals surface area contributed by atoms with Crippen LogP contribution in [0.2, 0.25) is 0 Å². The Morgan fingerprint density at radius 3 is 2.63 bits per heavy atom. The number of carbonyl (C=O) groups excluding carboxylic acids is 1. The third-order valence-corrected chi connectivity index (χ3v) is 4.24. The van der Waals surface area contributed by atoms with Crippen LogP contribution in [0.3, 0.4) is 0 Å². The van der Waals surface area contributed by atoms with Gasteiger partial charge in [0.1, 0.15) is 0 Å². The highest BCUT2D eigenvalue weighted by Gasteiger charge is 2.42. The van der Waals surface area contributed by atoms with Gasteiger partial charge in [0.15, 0.2) is 11.8 Å². The maximum atomic E-state index is 13.7. The number of ether oxygens (including phenoxy) is 1. The van der Waals surface area contributed by atoms with Crippen LogP contribution in [0.15, 0.2) is 30.5 Å². The van der Waals surface area contributed by atoms with Crippen LogP contribution >= 0.6 is 0 Å². The zero-order chi connectivity index (χ0) is 19.8. The number of carboxylic acids is 1. The van der Waals surface area contributed by atoms with E-state index >= 15 is 0 Å². The van der Waals surface area contributed by atoms with E-state index < -0.39 is 35.4 Å². The predicted octanol–water partition coefficient (Wildman–Crippen LogP) is 2.13. The van der Waals surface area contributed by atoms with Crippen LogP contribution in [-0.4, -0.2) is 57.5 Å². The van der Waals surface area contributed by atoms with Gasteiger partial charge in [0, 0.05) is 6.54 Å². The maximum Gasteiger partial charge on any atom is 0.434 e. The molecule has 2 aromatic rings. The first kappa shape index (κ1) is 18.9. The summed E-state index contributed by atoms with van der Waals surface area (Å²) in [5, 5.41) is 12.8. The highest BCUT2D eigenvalue weighted by atomic mass is 19.4. The zero-order valence-electron chi connectivity index (χ0n) is 14.2. The van der Waals surface area contributed by atoms with Crippen molar-refractivity contribution in [2.75, 3.05) is 19.7 Å². The van der Waals surface area contributed by atoms with E-state index in [1.807, 2.05) is 0 Å². The van der Waals surface area contributed by atoms with Crippen LogP contribution in [0.25, 0.3) is 5.69 Å². The number of benzene rings is 1. The van der Waals surface area contributed by atoms with Crippen LogP contribution in [0.4, 0.5) is 13.2 Å². The van der Waals surface area contributed by atoms with E-state index in [-0.39, 0.29) is 25.4 Å². The second-order valence-corrected chi connectivity index (χ2v) is 6.05. The number of para-hydroxylation sites is 1. The molecule has 0 saturated carbocycles. The first-order valence-electron chi connectivity index (χ1n) is 8.05. The molecule has 3 rings (SSSR count). The molecule has 10 heteroatoms. The average Bonchev–Trinajstić information content (AvgIpc) is 3.06. The molecule has 27 heavy (non-hydrogen) atoms. The van der Waals surface area contributed by atoms with E-state index in [4.69, 9.17) is 9.84 Å². The minimum Gasteiger partial charge on any atom is -0.479 e. The monoisotopic (exact) mass is 383 g/mol. The van der Waals surface area contributed by atoms with Crippen LogP contribution < -0.4 is 0 Å². The van der Waals surface area contributed by atoms with Crippen molar-refractivity contribution in [3.8, 4) is 5.69 Å². The standard InChI is InChI=1S/C17H16F3N3O4/c1-10-4-2-3-5-12(10)23-14(17(18,19)20)11(8-21-23)15(24)22-6-7-27-13(9-22)16(25)26/h2-5,8,13H,6-7,9H2,1H3,(H,25,26). The number of nitrogens with zero attached hydrogens (tertiary/aromatic N) is 3. The Hall–Kier alpha value is -2.88. The molecule has 1 aromatic carbocycles. The fourth-order valence-corrected chi connectivity index (χ4v) is 2.91. The average molecular weight is 383 g/mol. The van der Waals surface area contributed by atoms with Crippen molar-refractivity contribution in [3.05, 3.63) is 47.3 Å². The molecule has 1 N–H and O–H groups in total. The van der Waals surface area contributed by atoms with Crippen molar-refractivity contribution in [1.29, 1.82) is 0 Å². The number of morpholine rings is 1. The molecule has 0 radical (unpaired) electrons. The molecule has 1 aromatic heterocycles. The summed E-state index contributed by atoms with van der Waals surface area (Å²) in [4.78, 5) is 24.8. The minimum atomic E-state index is -4.83. The third kappa shape index (κ3) is 3.65. The van der Waals surface area contributed by atoms with Crippen molar-refractivity contribution >= 4 is 11.9 Å². The number of aromatic nitrogens is 2. The van der Waals surface area contributed by atoms with Crippen molar-refractivity contribution in [1.82, 2.24) is 14.7 Å². The summed E-state index contributed by atoms with van der Waals surface area (Å²) in [6, 6.07) is 6.37. The summed E-state index contributed by atoms with van der Waals surface area (Å²) in [7, 11) is 0. The molecule has 1 unspecified atom stereocenters. The lowest BCUT2D eigenvalue weighted by molar-refractivity contribution is -0.154. The van der Waals surface area contributed by atoms with Gasteiger partial charge in [-0.2, -0.15) is 18.3 Å². The highest BCUT2D eigenvalue weighted by molar-refractivity contribution is 5.96. The van der Waals surface area contributed by atoms with E-state index in [2.05, 4.69) is 5.10 Å². The number of rotatable bonds is 3. The third-order valence-electron chi connectivity index (χ3n) is 4.24. The van der Waals surface area contributed by atoms with E-state index in [0.717, 1.165) is 11.1 Å². The molecule has 0 aliphatic carbocycles. The first-order chi connectivity index (χ1) is 12.7. The molecule has 1 aliphatic rings. The number of carboxylic acid groups (broad SMARTS) is 1.